The van der Waals surface area contributed by atoms with Crippen LogP contribution < -0.4 is 10.6 Å². The largest absolute Gasteiger partial charge is 0.478 e. The quantitative estimate of drug-likeness (QED) is 0.746. The third kappa shape index (κ3) is 2.18. The van der Waals surface area contributed by atoms with Crippen molar-refractivity contribution in [1.29, 1.82) is 0 Å². The van der Waals surface area contributed by atoms with E-state index in [1.165, 1.54) is 0 Å². The monoisotopic (exact) mass is 212 g/mol. The van der Waals surface area contributed by atoms with Crippen molar-refractivity contribution in [2.45, 2.75) is 6.92 Å². The number of carboxylic acids is 1. The maximum absolute atomic E-state index is 13.3. The van der Waals surface area contributed by atoms with Crippen LogP contribution in [0.3, 0.4) is 0 Å². The second-order valence-electron chi connectivity index (χ2n) is 3.21. The van der Waals surface area contributed by atoms with Crippen LogP contribution in [0.2, 0.25) is 0 Å². The first kappa shape index (κ1) is 11.3. The smallest absolute Gasteiger partial charge is 0.338 e. The van der Waals surface area contributed by atoms with Gasteiger partial charge in [0, 0.05) is 19.7 Å². The number of benzene rings is 1. The van der Waals surface area contributed by atoms with Crippen molar-refractivity contribution < 1.29 is 14.3 Å². The first-order valence-corrected chi connectivity index (χ1v) is 4.50. The number of anilines is 2. The zero-order valence-electron chi connectivity index (χ0n) is 8.62. The minimum Gasteiger partial charge on any atom is -0.478 e. The van der Waals surface area contributed by atoms with Crippen molar-refractivity contribution in [2.24, 2.45) is 0 Å². The fourth-order valence-corrected chi connectivity index (χ4v) is 1.24. The number of nitrogens with zero attached hydrogens (tertiary/aromatic N) is 1. The van der Waals surface area contributed by atoms with Crippen LogP contribution in [0.1, 0.15) is 17.3 Å². The second-order valence-corrected chi connectivity index (χ2v) is 3.21. The molecular weight excluding hydrogens is 199 g/mol. The number of halogens is 1. The molecule has 0 saturated carbocycles. The SMILES string of the molecule is CCN(C)c1cc(F)c(C(=O)O)cc1N. The summed E-state index contributed by atoms with van der Waals surface area (Å²) in [5, 5.41) is 8.67. The highest BCUT2D eigenvalue weighted by Crippen LogP contribution is 2.25. The summed E-state index contributed by atoms with van der Waals surface area (Å²) in [4.78, 5) is 12.4. The molecule has 15 heavy (non-hydrogen) atoms. The Morgan fingerprint density at radius 1 is 1.60 bits per heavy atom. The molecule has 3 N–H and O–H groups in total. The van der Waals surface area contributed by atoms with Crippen molar-refractivity contribution in [3.8, 4) is 0 Å². The minimum atomic E-state index is -1.31. The van der Waals surface area contributed by atoms with Gasteiger partial charge < -0.3 is 15.7 Å². The number of hydrogen-bond donors (Lipinski definition) is 2. The molecule has 0 aromatic heterocycles. The lowest BCUT2D eigenvalue weighted by atomic mass is 10.1. The van der Waals surface area contributed by atoms with Gasteiger partial charge in [-0.1, -0.05) is 0 Å². The van der Waals surface area contributed by atoms with E-state index < -0.39 is 17.3 Å². The second kappa shape index (κ2) is 4.16. The topological polar surface area (TPSA) is 66.6 Å². The summed E-state index contributed by atoms with van der Waals surface area (Å²) in [5.74, 6) is -2.09. The van der Waals surface area contributed by atoms with E-state index in [2.05, 4.69) is 0 Å². The molecule has 0 aliphatic rings. The minimum absolute atomic E-state index is 0.262. The van der Waals surface area contributed by atoms with Crippen LogP contribution in [0, 0.1) is 5.82 Å². The summed E-state index contributed by atoms with van der Waals surface area (Å²) >= 11 is 0. The Hall–Kier alpha value is -1.78. The number of carbonyl (C=O) groups is 1. The molecule has 4 nitrogen and oxygen atoms in total. The summed E-state index contributed by atoms with van der Waals surface area (Å²) < 4.78 is 13.3. The van der Waals surface area contributed by atoms with Crippen LogP contribution in [0.5, 0.6) is 0 Å². The van der Waals surface area contributed by atoms with E-state index in [9.17, 15) is 9.18 Å². The number of nitrogens with two attached hydrogens (primary N) is 1. The first-order valence-electron chi connectivity index (χ1n) is 4.50. The molecule has 1 aromatic rings. The molecule has 1 aromatic carbocycles. The normalized spacial score (nSPS) is 10.1. The molecule has 0 atom stereocenters. The van der Waals surface area contributed by atoms with Gasteiger partial charge >= 0.3 is 5.97 Å². The lowest BCUT2D eigenvalue weighted by Crippen LogP contribution is -2.18. The van der Waals surface area contributed by atoms with Crippen LogP contribution in [-0.2, 0) is 0 Å². The first-order chi connectivity index (χ1) is 6.97. The van der Waals surface area contributed by atoms with Crippen LogP contribution in [0.15, 0.2) is 12.1 Å². The molecule has 0 bridgehead atoms. The van der Waals surface area contributed by atoms with E-state index in [4.69, 9.17) is 10.8 Å². The van der Waals surface area contributed by atoms with Crippen molar-refractivity contribution in [3.63, 3.8) is 0 Å². The van der Waals surface area contributed by atoms with Gasteiger partial charge in [-0.15, -0.1) is 0 Å². The molecule has 5 heteroatoms. The van der Waals surface area contributed by atoms with Gasteiger partial charge in [0.05, 0.1) is 16.9 Å². The molecule has 0 saturated heterocycles. The Bertz CT molecular complexity index is 393. The molecule has 0 fully saturated rings. The van der Waals surface area contributed by atoms with Gasteiger partial charge in [-0.25, -0.2) is 9.18 Å². The number of aromatic carboxylic acids is 1. The molecule has 0 heterocycles. The van der Waals surface area contributed by atoms with Crippen molar-refractivity contribution in [2.75, 3.05) is 24.2 Å². The summed E-state index contributed by atoms with van der Waals surface area (Å²) in [7, 11) is 1.76. The van der Waals surface area contributed by atoms with Crippen molar-refractivity contribution >= 4 is 17.3 Å². The van der Waals surface area contributed by atoms with Crippen LogP contribution in [-0.4, -0.2) is 24.7 Å². The molecule has 1 rings (SSSR count). The summed E-state index contributed by atoms with van der Waals surface area (Å²) in [5.41, 5.74) is 5.99. The number of rotatable bonds is 3. The lowest BCUT2D eigenvalue weighted by molar-refractivity contribution is 0.0692. The maximum Gasteiger partial charge on any atom is 0.338 e. The number of nitrogen functional groups attached to an aromatic ring is 1. The molecule has 0 amide bonds. The lowest BCUT2D eigenvalue weighted by Gasteiger charge is -2.19. The predicted octanol–water partition coefficient (Wildman–Crippen LogP) is 1.56. The Morgan fingerprint density at radius 2 is 2.20 bits per heavy atom. The summed E-state index contributed by atoms with van der Waals surface area (Å²) in [6.07, 6.45) is 0. The van der Waals surface area contributed by atoms with E-state index in [1.807, 2.05) is 6.92 Å². The summed E-state index contributed by atoms with van der Waals surface area (Å²) in [6, 6.07) is 2.28. The van der Waals surface area contributed by atoms with E-state index in [0.717, 1.165) is 12.1 Å². The van der Waals surface area contributed by atoms with Gasteiger partial charge in [-0.2, -0.15) is 0 Å². The highest BCUT2D eigenvalue weighted by molar-refractivity contribution is 5.90. The average molecular weight is 212 g/mol. The number of hydrogen-bond acceptors (Lipinski definition) is 3. The van der Waals surface area contributed by atoms with Gasteiger partial charge in [0.1, 0.15) is 5.82 Å². The molecular formula is C10H13FN2O2. The number of carboxylic acid groups (broad SMARTS) is 1. The fraction of sp³-hybridized carbons (Fsp3) is 0.300. The Balaban J connectivity index is 3.25. The standard InChI is InChI=1S/C10H13FN2O2/c1-3-13(2)9-5-7(11)6(10(14)15)4-8(9)12/h4-5H,3,12H2,1-2H3,(H,14,15). The van der Waals surface area contributed by atoms with E-state index in [-0.39, 0.29) is 5.69 Å². The average Bonchev–Trinajstić information content (AvgIpc) is 2.19. The zero-order valence-corrected chi connectivity index (χ0v) is 8.62. The van der Waals surface area contributed by atoms with Crippen LogP contribution in [0.25, 0.3) is 0 Å². The van der Waals surface area contributed by atoms with Crippen LogP contribution >= 0.6 is 0 Å². The van der Waals surface area contributed by atoms with Gasteiger partial charge in [0.15, 0.2) is 0 Å². The molecule has 0 unspecified atom stereocenters. The zero-order chi connectivity index (χ0) is 11.6. The molecule has 0 aliphatic heterocycles. The van der Waals surface area contributed by atoms with Gasteiger partial charge in [-0.05, 0) is 13.0 Å². The third-order valence-corrected chi connectivity index (χ3v) is 2.23. The maximum atomic E-state index is 13.3. The molecule has 0 spiro atoms. The molecule has 82 valence electrons. The molecule has 0 radical (unpaired) electrons. The van der Waals surface area contributed by atoms with Gasteiger partial charge in [0.2, 0.25) is 0 Å². The highest BCUT2D eigenvalue weighted by atomic mass is 19.1. The van der Waals surface area contributed by atoms with E-state index >= 15 is 0 Å². The highest BCUT2D eigenvalue weighted by Gasteiger charge is 2.14. The van der Waals surface area contributed by atoms with Gasteiger partial charge in [-0.3, -0.25) is 0 Å². The Morgan fingerprint density at radius 3 is 2.67 bits per heavy atom. The van der Waals surface area contributed by atoms with Crippen LogP contribution in [0.4, 0.5) is 15.8 Å². The van der Waals surface area contributed by atoms with Crippen molar-refractivity contribution in [3.05, 3.63) is 23.5 Å². The van der Waals surface area contributed by atoms with E-state index in [0.29, 0.717) is 12.2 Å². The van der Waals surface area contributed by atoms with E-state index in [1.54, 1.807) is 11.9 Å². The Labute approximate surface area is 87.1 Å². The van der Waals surface area contributed by atoms with Crippen molar-refractivity contribution in [1.82, 2.24) is 0 Å². The summed E-state index contributed by atoms with van der Waals surface area (Å²) in [6.45, 7) is 2.55. The Kier molecular flexibility index (Phi) is 3.14. The predicted molar refractivity (Wildman–Crippen MR) is 56.7 cm³/mol. The fourth-order valence-electron chi connectivity index (χ4n) is 1.24. The third-order valence-electron chi connectivity index (χ3n) is 2.23. The molecule has 0 aliphatic carbocycles. The van der Waals surface area contributed by atoms with Gasteiger partial charge in [0.25, 0.3) is 0 Å².